The Labute approximate surface area is 126 Å². The molecule has 1 amide bonds. The van der Waals surface area contributed by atoms with Crippen LogP contribution in [0.4, 0.5) is 5.69 Å². The lowest BCUT2D eigenvalue weighted by atomic mass is 10.1. The molecule has 6 nitrogen and oxygen atoms in total. The molecule has 0 radical (unpaired) electrons. The van der Waals surface area contributed by atoms with Gasteiger partial charge in [-0.3, -0.25) is 14.9 Å². The fourth-order valence-electron chi connectivity index (χ4n) is 1.88. The molecule has 2 N–H and O–H groups in total. The molecule has 0 saturated heterocycles. The van der Waals surface area contributed by atoms with E-state index in [9.17, 15) is 4.79 Å². The number of nitrogens with zero attached hydrogens (tertiary/aromatic N) is 3. The van der Waals surface area contributed by atoms with Crippen LogP contribution in [-0.4, -0.2) is 21.1 Å². The van der Waals surface area contributed by atoms with E-state index in [0.29, 0.717) is 22.2 Å². The van der Waals surface area contributed by atoms with Crippen molar-refractivity contribution in [3.05, 3.63) is 54.0 Å². The Morgan fingerprint density at radius 1 is 1.24 bits per heavy atom. The van der Waals surface area contributed by atoms with E-state index in [1.54, 1.807) is 42.7 Å². The molecule has 3 rings (SSSR count). The number of aromatic amines is 1. The zero-order chi connectivity index (χ0) is 13.9. The highest BCUT2D eigenvalue weighted by atomic mass is 35.5. The van der Waals surface area contributed by atoms with Crippen LogP contribution in [0.25, 0.3) is 10.9 Å². The van der Waals surface area contributed by atoms with Gasteiger partial charge in [0, 0.05) is 23.5 Å². The first-order valence-corrected chi connectivity index (χ1v) is 5.87. The van der Waals surface area contributed by atoms with Crippen molar-refractivity contribution < 1.29 is 4.79 Å². The Morgan fingerprint density at radius 2 is 2.00 bits per heavy atom. The lowest BCUT2D eigenvalue weighted by Crippen LogP contribution is -2.12. The van der Waals surface area contributed by atoms with Crippen molar-refractivity contribution in [1.82, 2.24) is 15.2 Å². The molecule has 0 aliphatic carbocycles. The Hall–Kier alpha value is -2.91. The molecule has 0 saturated carbocycles. The first kappa shape index (κ1) is 14.5. The van der Waals surface area contributed by atoms with Gasteiger partial charge in [0.1, 0.15) is 0 Å². The van der Waals surface area contributed by atoms with Crippen LogP contribution >= 0.6 is 12.4 Å². The van der Waals surface area contributed by atoms with E-state index >= 15 is 0 Å². The molecule has 2 aromatic heterocycles. The number of hydrogen-bond acceptors (Lipinski definition) is 4. The predicted octanol–water partition coefficient (Wildman–Crippen LogP) is 2.50. The summed E-state index contributed by atoms with van der Waals surface area (Å²) in [5.41, 5.74) is 2.09. The molecule has 3 aromatic rings. The maximum Gasteiger partial charge on any atom is 0.276 e. The monoisotopic (exact) mass is 299 g/mol. The molecule has 0 unspecified atom stereocenters. The van der Waals surface area contributed by atoms with Gasteiger partial charge < -0.3 is 5.32 Å². The molecule has 2 heterocycles. The van der Waals surface area contributed by atoms with Gasteiger partial charge in [-0.25, -0.2) is 0 Å². The van der Waals surface area contributed by atoms with Crippen LogP contribution in [0.15, 0.2) is 42.7 Å². The maximum atomic E-state index is 12.2. The van der Waals surface area contributed by atoms with Gasteiger partial charge >= 0.3 is 0 Å². The molecular weight excluding hydrogens is 290 g/mol. The molecule has 104 valence electrons. The number of halogens is 1. The van der Waals surface area contributed by atoms with Gasteiger partial charge in [-0.05, 0) is 30.3 Å². The van der Waals surface area contributed by atoms with E-state index in [1.165, 1.54) is 0 Å². The molecule has 0 fully saturated rings. The minimum atomic E-state index is -0.336. The number of carbonyl (C=O) groups excluding carboxylic acids is 1. The van der Waals surface area contributed by atoms with Crippen molar-refractivity contribution in [1.29, 1.82) is 5.26 Å². The highest BCUT2D eigenvalue weighted by Crippen LogP contribution is 2.18. The summed E-state index contributed by atoms with van der Waals surface area (Å²) in [4.78, 5) is 16.1. The van der Waals surface area contributed by atoms with Crippen molar-refractivity contribution in [2.45, 2.75) is 0 Å². The highest BCUT2D eigenvalue weighted by Gasteiger charge is 2.14. The third-order valence-electron chi connectivity index (χ3n) is 2.85. The number of rotatable bonds is 2. The molecule has 1 aromatic carbocycles. The molecule has 7 heteroatoms. The minimum absolute atomic E-state index is 0. The normalized spacial score (nSPS) is 9.67. The third kappa shape index (κ3) is 2.83. The molecular formula is C14H10ClN5O. The molecule has 0 atom stereocenters. The number of carbonyl (C=O) groups is 1. The number of benzene rings is 1. The van der Waals surface area contributed by atoms with Gasteiger partial charge in [0.05, 0.1) is 17.1 Å². The second-order valence-electron chi connectivity index (χ2n) is 4.13. The lowest BCUT2D eigenvalue weighted by molar-refractivity contribution is 0.102. The number of nitrogens with one attached hydrogen (secondary N) is 2. The third-order valence-corrected chi connectivity index (χ3v) is 2.85. The van der Waals surface area contributed by atoms with Crippen molar-refractivity contribution >= 4 is 34.9 Å². The van der Waals surface area contributed by atoms with E-state index in [-0.39, 0.29) is 24.0 Å². The number of pyridine rings is 1. The van der Waals surface area contributed by atoms with Crippen molar-refractivity contribution in [3.63, 3.8) is 0 Å². The molecule has 0 spiro atoms. The second-order valence-corrected chi connectivity index (χ2v) is 4.13. The fraction of sp³-hybridized carbons (Fsp3) is 0. The average molecular weight is 300 g/mol. The number of nitriles is 1. The number of hydrogen-bond donors (Lipinski definition) is 2. The predicted molar refractivity (Wildman–Crippen MR) is 80.2 cm³/mol. The quantitative estimate of drug-likeness (QED) is 0.760. The average Bonchev–Trinajstić information content (AvgIpc) is 2.91. The minimum Gasteiger partial charge on any atom is -0.320 e. The van der Waals surface area contributed by atoms with Crippen LogP contribution in [0.1, 0.15) is 16.1 Å². The van der Waals surface area contributed by atoms with Gasteiger partial charge in [0.2, 0.25) is 0 Å². The topological polar surface area (TPSA) is 94.5 Å². The van der Waals surface area contributed by atoms with Crippen LogP contribution in [-0.2, 0) is 0 Å². The highest BCUT2D eigenvalue weighted by molar-refractivity contribution is 6.11. The summed E-state index contributed by atoms with van der Waals surface area (Å²) >= 11 is 0. The standard InChI is InChI=1S/C14H9N5O.ClH/c15-8-9-1-2-12-11(7-9)13(19-18-12)14(20)17-10-3-5-16-6-4-10;/h1-7H,(H,18,19)(H,16,17,20);1H. The number of fused-ring (bicyclic) bond motifs is 1. The van der Waals surface area contributed by atoms with Gasteiger partial charge in [-0.2, -0.15) is 10.4 Å². The van der Waals surface area contributed by atoms with Gasteiger partial charge in [-0.1, -0.05) is 0 Å². The van der Waals surface area contributed by atoms with E-state index in [2.05, 4.69) is 20.5 Å². The summed E-state index contributed by atoms with van der Waals surface area (Å²) in [6.07, 6.45) is 3.18. The number of aromatic nitrogens is 3. The Morgan fingerprint density at radius 3 is 2.71 bits per heavy atom. The number of anilines is 1. The zero-order valence-electron chi connectivity index (χ0n) is 10.7. The largest absolute Gasteiger partial charge is 0.320 e. The van der Waals surface area contributed by atoms with Crippen LogP contribution < -0.4 is 5.32 Å². The van der Waals surface area contributed by atoms with Gasteiger partial charge in [-0.15, -0.1) is 12.4 Å². The Balaban J connectivity index is 0.00000161. The Kier molecular flexibility index (Phi) is 4.16. The van der Waals surface area contributed by atoms with Gasteiger partial charge in [0.15, 0.2) is 5.69 Å². The van der Waals surface area contributed by atoms with Crippen molar-refractivity contribution in [2.24, 2.45) is 0 Å². The second kappa shape index (κ2) is 6.03. The Bertz CT molecular complexity index is 822. The van der Waals surface area contributed by atoms with Crippen molar-refractivity contribution in [3.8, 4) is 6.07 Å². The summed E-state index contributed by atoms with van der Waals surface area (Å²) in [6, 6.07) is 10.5. The first-order valence-electron chi connectivity index (χ1n) is 5.87. The van der Waals surface area contributed by atoms with E-state index < -0.39 is 0 Å². The van der Waals surface area contributed by atoms with Crippen molar-refractivity contribution in [2.75, 3.05) is 5.32 Å². The van der Waals surface area contributed by atoms with Crippen LogP contribution in [0.3, 0.4) is 0 Å². The zero-order valence-corrected chi connectivity index (χ0v) is 11.5. The molecule has 0 aliphatic rings. The van der Waals surface area contributed by atoms with Crippen LogP contribution in [0.2, 0.25) is 0 Å². The smallest absolute Gasteiger partial charge is 0.276 e. The summed E-state index contributed by atoms with van der Waals surface area (Å²) < 4.78 is 0. The van der Waals surface area contributed by atoms with Crippen LogP contribution in [0.5, 0.6) is 0 Å². The summed E-state index contributed by atoms with van der Waals surface area (Å²) in [6.45, 7) is 0. The SMILES string of the molecule is Cl.N#Cc1ccc2[nH]nc(C(=O)Nc3ccncc3)c2c1. The van der Waals surface area contributed by atoms with E-state index in [1.807, 2.05) is 6.07 Å². The van der Waals surface area contributed by atoms with Crippen LogP contribution in [0, 0.1) is 11.3 Å². The van der Waals surface area contributed by atoms with E-state index in [4.69, 9.17) is 5.26 Å². The first-order chi connectivity index (χ1) is 9.78. The summed E-state index contributed by atoms with van der Waals surface area (Å²) in [7, 11) is 0. The molecule has 0 bridgehead atoms. The van der Waals surface area contributed by atoms with E-state index in [0.717, 1.165) is 0 Å². The van der Waals surface area contributed by atoms with Gasteiger partial charge in [0.25, 0.3) is 5.91 Å². The number of amides is 1. The fourth-order valence-corrected chi connectivity index (χ4v) is 1.88. The molecule has 0 aliphatic heterocycles. The molecule has 21 heavy (non-hydrogen) atoms. The summed E-state index contributed by atoms with van der Waals surface area (Å²) in [5.74, 6) is -0.336. The summed E-state index contributed by atoms with van der Waals surface area (Å²) in [5, 5.41) is 19.0. The maximum absolute atomic E-state index is 12.2. The number of H-pyrrole nitrogens is 1. The lowest BCUT2D eigenvalue weighted by Gasteiger charge is -2.02.